The molecular formula is C39H66. The van der Waals surface area contributed by atoms with Gasteiger partial charge in [0, 0.05) is 0 Å². The summed E-state index contributed by atoms with van der Waals surface area (Å²) in [6.45, 7) is 44.4. The van der Waals surface area contributed by atoms with Crippen molar-refractivity contribution in [2.24, 2.45) is 16.2 Å². The summed E-state index contributed by atoms with van der Waals surface area (Å²) in [7, 11) is 0. The third-order valence-electron chi connectivity index (χ3n) is 8.13. The zero-order chi connectivity index (χ0) is 30.8. The summed E-state index contributed by atoms with van der Waals surface area (Å²) in [5.41, 5.74) is 9.13. The van der Waals surface area contributed by atoms with Crippen molar-refractivity contribution in [1.29, 1.82) is 0 Å². The van der Waals surface area contributed by atoms with Crippen LogP contribution in [0.1, 0.15) is 160 Å². The monoisotopic (exact) mass is 535 g/mol. The van der Waals surface area contributed by atoms with Crippen LogP contribution in [0.4, 0.5) is 0 Å². The molecule has 1 aromatic rings. The van der Waals surface area contributed by atoms with Gasteiger partial charge in [0.2, 0.25) is 0 Å². The molecule has 0 bridgehead atoms. The third kappa shape index (κ3) is 11.4. The van der Waals surface area contributed by atoms with Crippen LogP contribution in [0.3, 0.4) is 0 Å². The summed E-state index contributed by atoms with van der Waals surface area (Å²) in [5.74, 6) is 0. The van der Waals surface area contributed by atoms with Crippen molar-refractivity contribution in [3.05, 3.63) is 70.3 Å². The first-order chi connectivity index (χ1) is 17.2. The number of benzene rings is 1. The maximum Gasteiger partial charge on any atom is -0.00953 e. The average Bonchev–Trinajstić information content (AvgIpc) is 2.61. The molecule has 0 radical (unpaired) electrons. The number of hydrogen-bond acceptors (Lipinski definition) is 0. The van der Waals surface area contributed by atoms with E-state index < -0.39 is 0 Å². The quantitative estimate of drug-likeness (QED) is 0.221. The smallest absolute Gasteiger partial charge is 0.00953 e. The molecule has 0 saturated carbocycles. The molecule has 0 heterocycles. The van der Waals surface area contributed by atoms with Gasteiger partial charge in [-0.15, -0.1) is 6.58 Å². The van der Waals surface area contributed by atoms with Crippen LogP contribution in [0.5, 0.6) is 0 Å². The van der Waals surface area contributed by atoms with Gasteiger partial charge >= 0.3 is 0 Å². The summed E-state index contributed by atoms with van der Waals surface area (Å²) in [5, 5.41) is 0. The highest BCUT2D eigenvalue weighted by atomic mass is 14.4. The maximum absolute atomic E-state index is 4.24. The van der Waals surface area contributed by atoms with Gasteiger partial charge in [-0.05, 0) is 109 Å². The van der Waals surface area contributed by atoms with Gasteiger partial charge in [0.15, 0.2) is 0 Å². The van der Waals surface area contributed by atoms with Gasteiger partial charge in [-0.1, -0.05) is 130 Å². The highest BCUT2D eigenvalue weighted by molar-refractivity contribution is 5.41. The molecule has 0 N–H and O–H groups in total. The largest absolute Gasteiger partial charge is 0.100 e. The van der Waals surface area contributed by atoms with E-state index >= 15 is 0 Å². The fraction of sp³-hybridized carbons (Fsp3) is 0.692. The van der Waals surface area contributed by atoms with E-state index in [0.29, 0.717) is 0 Å². The predicted octanol–water partition coefficient (Wildman–Crippen LogP) is 12.7. The minimum atomic E-state index is 0.0506. The lowest BCUT2D eigenvalue weighted by Crippen LogP contribution is -2.31. The average molecular weight is 535 g/mol. The molecule has 1 aromatic carbocycles. The Labute approximate surface area is 245 Å². The Balaban J connectivity index is 3.80. The molecule has 0 aliphatic rings. The molecule has 0 saturated heterocycles. The first-order valence-electron chi connectivity index (χ1n) is 15.3. The second-order valence-corrected chi connectivity index (χ2v) is 17.7. The second kappa shape index (κ2) is 12.1. The Bertz CT molecular complexity index is 989. The van der Waals surface area contributed by atoms with Crippen LogP contribution < -0.4 is 0 Å². The fourth-order valence-electron chi connectivity index (χ4n) is 8.12. The van der Waals surface area contributed by atoms with E-state index in [1.54, 1.807) is 0 Å². The van der Waals surface area contributed by atoms with Crippen LogP contribution in [0.25, 0.3) is 0 Å². The first-order valence-corrected chi connectivity index (χ1v) is 15.3. The second-order valence-electron chi connectivity index (χ2n) is 17.7. The molecule has 0 heteroatoms. The van der Waals surface area contributed by atoms with Gasteiger partial charge in [-0.3, -0.25) is 0 Å². The maximum atomic E-state index is 4.24. The molecule has 0 unspecified atom stereocenters. The van der Waals surface area contributed by atoms with E-state index in [9.17, 15) is 0 Å². The fourth-order valence-corrected chi connectivity index (χ4v) is 8.12. The van der Waals surface area contributed by atoms with Gasteiger partial charge in [-0.25, -0.2) is 0 Å². The van der Waals surface area contributed by atoms with Crippen LogP contribution in [-0.2, 0) is 16.2 Å². The zero-order valence-corrected chi connectivity index (χ0v) is 29.4. The summed E-state index contributed by atoms with van der Waals surface area (Å²) < 4.78 is 0. The van der Waals surface area contributed by atoms with Crippen LogP contribution >= 0.6 is 0 Å². The topological polar surface area (TPSA) is 0 Å². The van der Waals surface area contributed by atoms with E-state index in [4.69, 9.17) is 0 Å². The van der Waals surface area contributed by atoms with Crippen molar-refractivity contribution in [3.8, 4) is 0 Å². The van der Waals surface area contributed by atoms with E-state index in [2.05, 4.69) is 155 Å². The van der Waals surface area contributed by atoms with Crippen LogP contribution in [0.15, 0.2) is 53.6 Å². The predicted molar refractivity (Wildman–Crippen MR) is 179 cm³/mol. The Morgan fingerprint density at radius 3 is 1.08 bits per heavy atom. The highest BCUT2D eigenvalue weighted by Crippen LogP contribution is 2.46. The molecule has 0 aliphatic carbocycles. The number of allylic oxidation sites excluding steroid dienone is 5. The molecule has 0 spiro atoms. The van der Waals surface area contributed by atoms with Gasteiger partial charge < -0.3 is 0 Å². The molecule has 0 fully saturated rings. The van der Waals surface area contributed by atoms with Crippen molar-refractivity contribution in [1.82, 2.24) is 0 Å². The van der Waals surface area contributed by atoms with Crippen molar-refractivity contribution >= 4 is 0 Å². The number of rotatable bonds is 13. The Hall–Kier alpha value is -1.56. The molecule has 0 nitrogen and oxygen atoms in total. The molecule has 0 aromatic heterocycles. The molecular weight excluding hydrogens is 468 g/mol. The summed E-state index contributed by atoms with van der Waals surface area (Å²) in [6.07, 6.45) is 9.32. The molecule has 0 amide bonds. The normalized spacial score (nSPS) is 13.8. The molecule has 39 heavy (non-hydrogen) atoms. The van der Waals surface area contributed by atoms with E-state index in [1.807, 2.05) is 0 Å². The Morgan fingerprint density at radius 2 is 0.821 bits per heavy atom. The van der Waals surface area contributed by atoms with E-state index in [1.165, 1.54) is 33.4 Å². The highest BCUT2D eigenvalue weighted by Gasteiger charge is 2.36. The standard InChI is InChI=1S/C39H66/c1-28(2)22-34(7,8)25-37(13,14)31-19-32(38(15,16)26-35(9,10)23-29(3)4)21-33(20-31)39(17,18)27-36(11,12)24-30(5)6/h19-21,23-24H,1,22,25-27H2,2-18H3. The first kappa shape index (κ1) is 35.5. The summed E-state index contributed by atoms with van der Waals surface area (Å²) >= 11 is 0. The van der Waals surface area contributed by atoms with Crippen molar-refractivity contribution in [2.45, 2.75) is 160 Å². The molecule has 1 rings (SSSR count). The lowest BCUT2D eigenvalue weighted by molar-refractivity contribution is 0.254. The van der Waals surface area contributed by atoms with E-state index in [0.717, 1.165) is 25.7 Å². The summed E-state index contributed by atoms with van der Waals surface area (Å²) in [6, 6.07) is 7.66. The van der Waals surface area contributed by atoms with Crippen molar-refractivity contribution < 1.29 is 0 Å². The van der Waals surface area contributed by atoms with Gasteiger partial charge in [0.25, 0.3) is 0 Å². The minimum absolute atomic E-state index is 0.0506. The molecule has 222 valence electrons. The Morgan fingerprint density at radius 1 is 0.538 bits per heavy atom. The van der Waals surface area contributed by atoms with Gasteiger partial charge in [-0.2, -0.15) is 0 Å². The lowest BCUT2D eigenvalue weighted by atomic mass is 9.64. The van der Waals surface area contributed by atoms with Crippen LogP contribution in [0.2, 0.25) is 0 Å². The van der Waals surface area contributed by atoms with Gasteiger partial charge in [0.1, 0.15) is 0 Å². The SMILES string of the molecule is C=C(C)CC(C)(C)CC(C)(C)c1cc(C(C)(C)CC(C)(C)C=C(C)C)cc(C(C)(C)CC(C)(C)C=C(C)C)c1. The third-order valence-corrected chi connectivity index (χ3v) is 8.13. The van der Waals surface area contributed by atoms with Gasteiger partial charge in [0.05, 0.1) is 0 Å². The molecule has 0 atom stereocenters. The molecule has 0 aliphatic heterocycles. The van der Waals surface area contributed by atoms with Crippen molar-refractivity contribution in [2.75, 3.05) is 0 Å². The number of hydrogen-bond donors (Lipinski definition) is 0. The lowest BCUT2D eigenvalue weighted by Gasteiger charge is -2.40. The van der Waals surface area contributed by atoms with Crippen molar-refractivity contribution in [3.63, 3.8) is 0 Å². The van der Waals surface area contributed by atoms with Crippen LogP contribution in [0, 0.1) is 16.2 Å². The van der Waals surface area contributed by atoms with Crippen LogP contribution in [-0.4, -0.2) is 0 Å². The Kier molecular flexibility index (Phi) is 11.0. The minimum Gasteiger partial charge on any atom is -0.100 e. The van der Waals surface area contributed by atoms with E-state index in [-0.39, 0.29) is 32.5 Å². The zero-order valence-electron chi connectivity index (χ0n) is 29.4. The summed E-state index contributed by atoms with van der Waals surface area (Å²) in [4.78, 5) is 0.